The summed E-state index contributed by atoms with van der Waals surface area (Å²) in [5.41, 5.74) is 6.50. The summed E-state index contributed by atoms with van der Waals surface area (Å²) >= 11 is 1.22. The molecule has 1 saturated heterocycles. The Hall–Kier alpha value is -2.61. The van der Waals surface area contributed by atoms with Gasteiger partial charge >= 0.3 is 6.09 Å². The quantitative estimate of drug-likeness (QED) is 0.778. The van der Waals surface area contributed by atoms with E-state index < -0.39 is 5.60 Å². The molecule has 1 aliphatic heterocycles. The molecule has 1 fully saturated rings. The number of rotatable bonds is 3. The minimum Gasteiger partial charge on any atom is -0.444 e. The minimum absolute atomic E-state index is 0.178. The second kappa shape index (κ2) is 8.41. The fourth-order valence-corrected chi connectivity index (χ4v) is 4.18. The highest BCUT2D eigenvalue weighted by Gasteiger charge is 2.29. The maximum absolute atomic E-state index is 13.5. The van der Waals surface area contributed by atoms with Crippen molar-refractivity contribution in [1.29, 1.82) is 0 Å². The molecule has 6 nitrogen and oxygen atoms in total. The number of carbonyl (C=O) groups is 2. The molecular weight excluding hydrogens is 393 g/mol. The summed E-state index contributed by atoms with van der Waals surface area (Å²) in [7, 11) is 0. The third kappa shape index (κ3) is 5.47. The zero-order valence-electron chi connectivity index (χ0n) is 16.8. The van der Waals surface area contributed by atoms with Gasteiger partial charge in [-0.2, -0.15) is 0 Å². The van der Waals surface area contributed by atoms with Crippen LogP contribution in [0.4, 0.5) is 14.9 Å². The normalized spacial score (nSPS) is 17.1. The van der Waals surface area contributed by atoms with Crippen LogP contribution < -0.4 is 11.1 Å². The summed E-state index contributed by atoms with van der Waals surface area (Å²) in [5, 5.41) is 2.97. The van der Waals surface area contributed by atoms with Crippen LogP contribution in [-0.4, -0.2) is 41.6 Å². The molecule has 0 saturated carbocycles. The zero-order valence-corrected chi connectivity index (χ0v) is 17.6. The molecule has 0 radical (unpaired) electrons. The molecule has 3 rings (SSSR count). The van der Waals surface area contributed by atoms with E-state index in [2.05, 4.69) is 5.32 Å². The van der Waals surface area contributed by atoms with Gasteiger partial charge in [-0.1, -0.05) is 12.1 Å². The zero-order chi connectivity index (χ0) is 21.2. The van der Waals surface area contributed by atoms with Crippen molar-refractivity contribution in [3.8, 4) is 10.4 Å². The van der Waals surface area contributed by atoms with Gasteiger partial charge in [-0.15, -0.1) is 11.3 Å². The average molecular weight is 420 g/mol. The lowest BCUT2D eigenvalue weighted by atomic mass is 10.1. The number of nitrogens with zero attached hydrogens (tertiary/aromatic N) is 1. The van der Waals surface area contributed by atoms with Gasteiger partial charge in [0.2, 0.25) is 0 Å². The number of nitrogens with two attached hydrogens (primary N) is 1. The minimum atomic E-state index is -0.563. The number of hydrogen-bond donors (Lipinski definition) is 2. The van der Waals surface area contributed by atoms with E-state index in [-0.39, 0.29) is 23.9 Å². The van der Waals surface area contributed by atoms with E-state index in [0.29, 0.717) is 29.2 Å². The number of thiophene rings is 1. The Morgan fingerprint density at radius 3 is 2.76 bits per heavy atom. The smallest absolute Gasteiger partial charge is 0.410 e. The van der Waals surface area contributed by atoms with Crippen molar-refractivity contribution >= 4 is 29.0 Å². The number of ether oxygens (including phenoxy) is 1. The van der Waals surface area contributed by atoms with E-state index in [1.807, 2.05) is 20.8 Å². The number of anilines is 1. The van der Waals surface area contributed by atoms with Crippen LogP contribution in [0.5, 0.6) is 0 Å². The lowest BCUT2D eigenvalue weighted by Crippen LogP contribution is -2.50. The first-order valence-electron chi connectivity index (χ1n) is 9.56. The van der Waals surface area contributed by atoms with Crippen molar-refractivity contribution in [2.75, 3.05) is 18.8 Å². The predicted molar refractivity (Wildman–Crippen MR) is 112 cm³/mol. The second-order valence-corrected chi connectivity index (χ2v) is 9.20. The highest BCUT2D eigenvalue weighted by molar-refractivity contribution is 7.18. The van der Waals surface area contributed by atoms with Crippen molar-refractivity contribution < 1.29 is 18.7 Å². The molecule has 156 valence electrons. The number of hydrogen-bond acceptors (Lipinski definition) is 5. The van der Waals surface area contributed by atoms with Gasteiger partial charge in [0, 0.05) is 24.0 Å². The Balaban J connectivity index is 1.66. The third-order valence-electron chi connectivity index (χ3n) is 4.48. The number of amides is 2. The van der Waals surface area contributed by atoms with E-state index in [9.17, 15) is 14.0 Å². The first kappa shape index (κ1) is 21.1. The molecule has 1 aromatic heterocycles. The maximum atomic E-state index is 13.5. The molecule has 8 heteroatoms. The average Bonchev–Trinajstić information content (AvgIpc) is 3.02. The molecule has 1 aromatic carbocycles. The topological polar surface area (TPSA) is 84.7 Å². The molecule has 29 heavy (non-hydrogen) atoms. The van der Waals surface area contributed by atoms with Crippen LogP contribution in [0.3, 0.4) is 0 Å². The Labute approximate surface area is 173 Å². The van der Waals surface area contributed by atoms with E-state index in [1.54, 1.807) is 23.1 Å². The van der Waals surface area contributed by atoms with Crippen molar-refractivity contribution in [2.24, 2.45) is 0 Å². The molecule has 0 bridgehead atoms. The monoisotopic (exact) mass is 419 g/mol. The third-order valence-corrected chi connectivity index (χ3v) is 5.68. The molecule has 0 aliphatic carbocycles. The maximum Gasteiger partial charge on any atom is 0.410 e. The Kier molecular flexibility index (Phi) is 6.12. The molecule has 1 atom stereocenters. The number of likely N-dealkylation sites (tertiary alicyclic amines) is 1. The standard InChI is InChI=1S/C21H26FN3O3S/c1-21(2,3)28-20(27)25-9-5-8-15(12-25)24-19(26)18-16(23)11-17(29-18)13-6-4-7-14(22)10-13/h4,6-7,10-11,15H,5,8-9,12,23H2,1-3H3,(H,24,26)/t15-/m1/s1. The fraction of sp³-hybridized carbons (Fsp3) is 0.429. The summed E-state index contributed by atoms with van der Waals surface area (Å²) in [6.07, 6.45) is 1.17. The van der Waals surface area contributed by atoms with E-state index in [0.717, 1.165) is 17.7 Å². The lowest BCUT2D eigenvalue weighted by Gasteiger charge is -2.34. The number of benzene rings is 1. The Bertz CT molecular complexity index is 907. The van der Waals surface area contributed by atoms with Crippen LogP contribution in [0.1, 0.15) is 43.3 Å². The van der Waals surface area contributed by atoms with Crippen molar-refractivity contribution in [1.82, 2.24) is 10.2 Å². The van der Waals surface area contributed by atoms with Gasteiger partial charge in [0.25, 0.3) is 5.91 Å². The Morgan fingerprint density at radius 2 is 2.07 bits per heavy atom. The van der Waals surface area contributed by atoms with Crippen LogP contribution in [-0.2, 0) is 4.74 Å². The predicted octanol–water partition coefficient (Wildman–Crippen LogP) is 4.27. The van der Waals surface area contributed by atoms with Crippen molar-refractivity contribution in [2.45, 2.75) is 45.3 Å². The molecule has 2 amide bonds. The molecular formula is C21H26FN3O3S. The van der Waals surface area contributed by atoms with Gasteiger partial charge < -0.3 is 20.7 Å². The molecule has 2 aromatic rings. The van der Waals surface area contributed by atoms with Crippen molar-refractivity contribution in [3.63, 3.8) is 0 Å². The van der Waals surface area contributed by atoms with E-state index in [4.69, 9.17) is 10.5 Å². The van der Waals surface area contributed by atoms with Gasteiger partial charge in [0.1, 0.15) is 16.3 Å². The largest absolute Gasteiger partial charge is 0.444 e. The van der Waals surface area contributed by atoms with Gasteiger partial charge in [0.15, 0.2) is 0 Å². The van der Waals surface area contributed by atoms with Crippen LogP contribution in [0.25, 0.3) is 10.4 Å². The second-order valence-electron chi connectivity index (χ2n) is 8.14. The number of carbonyl (C=O) groups excluding carboxylic acids is 2. The van der Waals surface area contributed by atoms with Gasteiger partial charge in [-0.05, 0) is 57.4 Å². The lowest BCUT2D eigenvalue weighted by molar-refractivity contribution is 0.0186. The van der Waals surface area contributed by atoms with Gasteiger partial charge in [-0.3, -0.25) is 4.79 Å². The fourth-order valence-electron chi connectivity index (χ4n) is 3.20. The van der Waals surface area contributed by atoms with Crippen LogP contribution in [0.2, 0.25) is 0 Å². The molecule has 3 N–H and O–H groups in total. The molecule has 0 unspecified atom stereocenters. The summed E-state index contributed by atoms with van der Waals surface area (Å²) in [4.78, 5) is 27.8. The Morgan fingerprint density at radius 1 is 1.31 bits per heavy atom. The molecule has 2 heterocycles. The van der Waals surface area contributed by atoms with E-state index >= 15 is 0 Å². The van der Waals surface area contributed by atoms with Gasteiger partial charge in [0.05, 0.1) is 5.69 Å². The summed E-state index contributed by atoms with van der Waals surface area (Å²) in [5.74, 6) is -0.629. The van der Waals surface area contributed by atoms with Crippen LogP contribution in [0.15, 0.2) is 30.3 Å². The summed E-state index contributed by atoms with van der Waals surface area (Å²) < 4.78 is 18.9. The first-order chi connectivity index (χ1) is 13.6. The molecule has 0 spiro atoms. The number of nitrogen functional groups attached to an aromatic ring is 1. The SMILES string of the molecule is CC(C)(C)OC(=O)N1CCC[C@@H](NC(=O)c2sc(-c3cccc(F)c3)cc2N)C1. The highest BCUT2D eigenvalue weighted by Crippen LogP contribution is 2.33. The highest BCUT2D eigenvalue weighted by atomic mass is 32.1. The van der Waals surface area contributed by atoms with E-state index in [1.165, 1.54) is 23.5 Å². The molecule has 1 aliphatic rings. The summed E-state index contributed by atoms with van der Waals surface area (Å²) in [6, 6.07) is 7.68. The van der Waals surface area contributed by atoms with Crippen molar-refractivity contribution in [3.05, 3.63) is 41.0 Å². The number of halogens is 1. The summed E-state index contributed by atoms with van der Waals surface area (Å²) in [6.45, 7) is 6.46. The van der Waals surface area contributed by atoms with Gasteiger partial charge in [-0.25, -0.2) is 9.18 Å². The van der Waals surface area contributed by atoms with Crippen LogP contribution >= 0.6 is 11.3 Å². The first-order valence-corrected chi connectivity index (χ1v) is 10.4. The number of piperidine rings is 1. The number of nitrogens with one attached hydrogen (secondary N) is 1. The van der Waals surface area contributed by atoms with Crippen LogP contribution in [0, 0.1) is 5.82 Å².